The van der Waals surface area contributed by atoms with Crippen molar-refractivity contribution in [3.63, 3.8) is 0 Å². The summed E-state index contributed by atoms with van der Waals surface area (Å²) in [5.41, 5.74) is 4.58. The highest BCUT2D eigenvalue weighted by atomic mass is 35.5. The average molecular weight is 423 g/mol. The molecule has 2 aromatic carbocycles. The molecule has 0 aliphatic heterocycles. The Kier molecular flexibility index (Phi) is 7.58. The molecule has 0 unspecified atom stereocenters. The number of ether oxygens (including phenoxy) is 1. The number of alkyl halides is 1. The number of aromatic nitrogens is 2. The van der Waals surface area contributed by atoms with Crippen LogP contribution in [-0.2, 0) is 11.2 Å². The van der Waals surface area contributed by atoms with E-state index in [0.29, 0.717) is 11.6 Å². The van der Waals surface area contributed by atoms with Gasteiger partial charge in [0.15, 0.2) is 11.6 Å². The molecular formula is C25H27ClN2O2. The number of carbonyl (C=O) groups excluding carboxylic acids is 1. The molecule has 5 heteroatoms. The molecule has 3 aromatic rings. The van der Waals surface area contributed by atoms with E-state index in [4.69, 9.17) is 16.3 Å². The van der Waals surface area contributed by atoms with Gasteiger partial charge in [0.05, 0.1) is 12.4 Å². The van der Waals surface area contributed by atoms with Crippen LogP contribution in [0.4, 0.5) is 0 Å². The zero-order valence-corrected chi connectivity index (χ0v) is 18.4. The van der Waals surface area contributed by atoms with Crippen LogP contribution in [0.2, 0.25) is 0 Å². The molecule has 0 saturated heterocycles. The van der Waals surface area contributed by atoms with Gasteiger partial charge in [-0.15, -0.1) is 11.6 Å². The Bertz CT molecular complexity index is 954. The number of hydrogen-bond donors (Lipinski definition) is 0. The Labute approximate surface area is 183 Å². The van der Waals surface area contributed by atoms with Crippen molar-refractivity contribution < 1.29 is 9.53 Å². The summed E-state index contributed by atoms with van der Waals surface area (Å²) in [6, 6.07) is 16.8. The first-order valence-electron chi connectivity index (χ1n) is 10.4. The number of carbonyl (C=O) groups is 1. The van der Waals surface area contributed by atoms with Crippen LogP contribution in [0.3, 0.4) is 0 Å². The van der Waals surface area contributed by atoms with Crippen LogP contribution in [0.5, 0.6) is 5.75 Å². The summed E-state index contributed by atoms with van der Waals surface area (Å²) in [6.45, 7) is 6.09. The quantitative estimate of drug-likeness (QED) is 0.314. The Balaban J connectivity index is 1.67. The fraction of sp³-hybridized carbons (Fsp3) is 0.320. The summed E-state index contributed by atoms with van der Waals surface area (Å²) in [4.78, 5) is 20.7. The van der Waals surface area contributed by atoms with E-state index in [0.717, 1.165) is 30.4 Å². The monoisotopic (exact) mass is 422 g/mol. The van der Waals surface area contributed by atoms with E-state index in [2.05, 4.69) is 53.3 Å². The molecule has 0 bridgehead atoms. The molecule has 0 amide bonds. The SMILES string of the molecule is CCCc1ccc(-c2ccc(-c3ncc(OC(=O)[C@@H](Cl)[C@@H](C)CC)cn3)cc2)cc1. The van der Waals surface area contributed by atoms with Gasteiger partial charge in [-0.25, -0.2) is 9.97 Å². The fourth-order valence-corrected chi connectivity index (χ4v) is 3.32. The van der Waals surface area contributed by atoms with Crippen LogP contribution in [0.15, 0.2) is 60.9 Å². The molecule has 0 spiro atoms. The van der Waals surface area contributed by atoms with E-state index in [-0.39, 0.29) is 5.92 Å². The van der Waals surface area contributed by atoms with E-state index >= 15 is 0 Å². The molecule has 0 aliphatic rings. The Hall–Kier alpha value is -2.72. The molecule has 0 saturated carbocycles. The van der Waals surface area contributed by atoms with Gasteiger partial charge in [0.1, 0.15) is 5.38 Å². The largest absolute Gasteiger partial charge is 0.422 e. The van der Waals surface area contributed by atoms with E-state index in [1.165, 1.54) is 23.5 Å². The van der Waals surface area contributed by atoms with Crippen LogP contribution in [0.1, 0.15) is 39.2 Å². The molecule has 0 radical (unpaired) electrons. The van der Waals surface area contributed by atoms with Crippen molar-refractivity contribution in [1.82, 2.24) is 9.97 Å². The maximum atomic E-state index is 12.1. The molecule has 0 N–H and O–H groups in total. The van der Waals surface area contributed by atoms with Crippen LogP contribution in [-0.4, -0.2) is 21.3 Å². The van der Waals surface area contributed by atoms with Gasteiger partial charge in [0, 0.05) is 5.56 Å². The third-order valence-corrected chi connectivity index (χ3v) is 5.79. The van der Waals surface area contributed by atoms with Crippen molar-refractivity contribution in [2.75, 3.05) is 0 Å². The number of halogens is 1. The molecule has 4 nitrogen and oxygen atoms in total. The number of esters is 1. The Morgan fingerprint density at radius 3 is 2.00 bits per heavy atom. The van der Waals surface area contributed by atoms with Gasteiger partial charge < -0.3 is 4.74 Å². The summed E-state index contributed by atoms with van der Waals surface area (Å²) < 4.78 is 5.30. The summed E-state index contributed by atoms with van der Waals surface area (Å²) in [5, 5.41) is -0.682. The topological polar surface area (TPSA) is 52.1 Å². The van der Waals surface area contributed by atoms with Crippen LogP contribution >= 0.6 is 11.6 Å². The minimum absolute atomic E-state index is 0.0423. The average Bonchev–Trinajstić information content (AvgIpc) is 2.79. The normalized spacial score (nSPS) is 12.9. The number of benzene rings is 2. The molecule has 0 fully saturated rings. The van der Waals surface area contributed by atoms with Crippen molar-refractivity contribution >= 4 is 17.6 Å². The van der Waals surface area contributed by atoms with Crippen molar-refractivity contribution in [2.24, 2.45) is 5.92 Å². The van der Waals surface area contributed by atoms with Gasteiger partial charge in [-0.3, -0.25) is 4.79 Å². The zero-order valence-electron chi connectivity index (χ0n) is 17.6. The predicted octanol–water partition coefficient (Wildman–Crippen LogP) is 6.32. The molecule has 156 valence electrons. The zero-order chi connectivity index (χ0) is 21.5. The number of hydrogen-bond acceptors (Lipinski definition) is 4. The van der Waals surface area contributed by atoms with Crippen LogP contribution < -0.4 is 4.74 Å². The second-order valence-corrected chi connectivity index (χ2v) is 7.95. The summed E-state index contributed by atoms with van der Waals surface area (Å²) in [6.07, 6.45) is 6.06. The maximum absolute atomic E-state index is 12.1. The van der Waals surface area contributed by atoms with Gasteiger partial charge in [0.25, 0.3) is 0 Å². The lowest BCUT2D eigenvalue weighted by Gasteiger charge is -2.14. The number of rotatable bonds is 8. The van der Waals surface area contributed by atoms with E-state index < -0.39 is 11.3 Å². The summed E-state index contributed by atoms with van der Waals surface area (Å²) in [7, 11) is 0. The lowest BCUT2D eigenvalue weighted by Crippen LogP contribution is -2.26. The van der Waals surface area contributed by atoms with Gasteiger partial charge >= 0.3 is 5.97 Å². The first kappa shape index (κ1) is 22.0. The number of nitrogens with zero attached hydrogens (tertiary/aromatic N) is 2. The highest BCUT2D eigenvalue weighted by Crippen LogP contribution is 2.24. The summed E-state index contributed by atoms with van der Waals surface area (Å²) >= 11 is 6.13. The van der Waals surface area contributed by atoms with E-state index in [1.807, 2.05) is 26.0 Å². The Morgan fingerprint density at radius 1 is 0.933 bits per heavy atom. The highest BCUT2D eigenvalue weighted by molar-refractivity contribution is 6.30. The Morgan fingerprint density at radius 2 is 1.47 bits per heavy atom. The van der Waals surface area contributed by atoms with Crippen molar-refractivity contribution in [3.8, 4) is 28.3 Å². The summed E-state index contributed by atoms with van der Waals surface area (Å²) in [5.74, 6) is 0.433. The second kappa shape index (κ2) is 10.4. The smallest absolute Gasteiger partial charge is 0.329 e. The van der Waals surface area contributed by atoms with Crippen LogP contribution in [0, 0.1) is 5.92 Å². The van der Waals surface area contributed by atoms with Gasteiger partial charge in [-0.05, 0) is 29.0 Å². The standard InChI is InChI=1S/C25H27ClN2O2/c1-4-6-18-7-9-19(10-8-18)20-11-13-21(14-12-20)24-27-15-22(16-28-24)30-25(29)23(26)17(3)5-2/h7-17,23H,4-6H2,1-3H3/t17-,23-/m0/s1. The lowest BCUT2D eigenvalue weighted by atomic mass is 10.0. The van der Waals surface area contributed by atoms with Crippen molar-refractivity contribution in [2.45, 2.75) is 45.4 Å². The molecule has 3 rings (SSSR count). The lowest BCUT2D eigenvalue weighted by molar-refractivity contribution is -0.134. The minimum Gasteiger partial charge on any atom is -0.422 e. The van der Waals surface area contributed by atoms with E-state index in [1.54, 1.807) is 0 Å². The molecule has 1 aromatic heterocycles. The number of aryl methyl sites for hydroxylation is 1. The molecule has 2 atom stereocenters. The third kappa shape index (κ3) is 5.45. The highest BCUT2D eigenvalue weighted by Gasteiger charge is 2.23. The fourth-order valence-electron chi connectivity index (χ4n) is 3.09. The van der Waals surface area contributed by atoms with E-state index in [9.17, 15) is 4.79 Å². The van der Waals surface area contributed by atoms with Gasteiger partial charge in [-0.2, -0.15) is 0 Å². The van der Waals surface area contributed by atoms with Gasteiger partial charge in [0.2, 0.25) is 0 Å². The van der Waals surface area contributed by atoms with Crippen molar-refractivity contribution in [1.29, 1.82) is 0 Å². The molecule has 30 heavy (non-hydrogen) atoms. The predicted molar refractivity (Wildman–Crippen MR) is 122 cm³/mol. The second-order valence-electron chi connectivity index (χ2n) is 7.48. The van der Waals surface area contributed by atoms with Gasteiger partial charge in [-0.1, -0.05) is 82.1 Å². The molecule has 0 aliphatic carbocycles. The molecular weight excluding hydrogens is 396 g/mol. The minimum atomic E-state index is -0.682. The maximum Gasteiger partial charge on any atom is 0.329 e. The van der Waals surface area contributed by atoms with Crippen molar-refractivity contribution in [3.05, 3.63) is 66.5 Å². The van der Waals surface area contributed by atoms with Crippen LogP contribution in [0.25, 0.3) is 22.5 Å². The molecule has 1 heterocycles. The first-order valence-corrected chi connectivity index (χ1v) is 10.8. The third-order valence-electron chi connectivity index (χ3n) is 5.18. The first-order chi connectivity index (χ1) is 14.5.